The largest absolute Gasteiger partial charge is 4.00 e. The molecule has 4 aromatic rings. The Balaban J connectivity index is 0.000000463. The molecule has 0 fully saturated rings. The summed E-state index contributed by atoms with van der Waals surface area (Å²) in [6.45, 7) is 4.24. The summed E-state index contributed by atoms with van der Waals surface area (Å²) in [5.41, 5.74) is 4.03. The molecule has 0 N–H and O–H groups in total. The van der Waals surface area contributed by atoms with E-state index in [1.54, 1.807) is 0 Å². The Morgan fingerprint density at radius 3 is 2.33 bits per heavy atom. The van der Waals surface area contributed by atoms with Crippen LogP contribution in [-0.2, 0) is 21.7 Å². The van der Waals surface area contributed by atoms with Crippen molar-refractivity contribution in [2.45, 2.75) is 13.8 Å². The van der Waals surface area contributed by atoms with Crippen molar-refractivity contribution in [3.63, 3.8) is 0 Å². The average molecular weight is 410 g/mol. The van der Waals surface area contributed by atoms with Crippen molar-refractivity contribution in [2.24, 2.45) is 0 Å². The minimum atomic E-state index is 0. The Morgan fingerprint density at radius 1 is 1.08 bits per heavy atom. The zero-order chi connectivity index (χ0) is 14.7. The number of halogens is 2. The van der Waals surface area contributed by atoms with Crippen LogP contribution in [0, 0.1) is 13.8 Å². The fraction of sp³-hybridized carbons (Fsp3) is 0.105. The van der Waals surface area contributed by atoms with Gasteiger partial charge in [-0.25, -0.2) is 12.1 Å². The van der Waals surface area contributed by atoms with E-state index in [4.69, 9.17) is 0 Å². The molecule has 0 saturated carbocycles. The molecule has 3 aromatic carbocycles. The first-order chi connectivity index (χ1) is 10.2. The normalized spacial score (nSPS) is 9.42. The molecule has 4 rings (SSSR count). The molecule has 5 heteroatoms. The molecule has 0 atom stereocenters. The summed E-state index contributed by atoms with van der Waals surface area (Å²) in [4.78, 5) is 0. The summed E-state index contributed by atoms with van der Waals surface area (Å²) < 4.78 is 2.17. The topological polar surface area (TPSA) is 4.93 Å². The number of aromatic nitrogens is 1. The Bertz CT molecular complexity index is 784. The zero-order valence-corrected chi connectivity index (χ0v) is 17.5. The van der Waals surface area contributed by atoms with E-state index in [1.807, 2.05) is 0 Å². The third-order valence-corrected chi connectivity index (χ3v) is 4.41. The summed E-state index contributed by atoms with van der Waals surface area (Å²) in [6.07, 6.45) is 2.11. The second-order valence-electron chi connectivity index (χ2n) is 5.20. The second kappa shape index (κ2) is 10.9. The quantitative estimate of drug-likeness (QED) is 0.307. The summed E-state index contributed by atoms with van der Waals surface area (Å²) >= 11 is 0. The van der Waals surface area contributed by atoms with Gasteiger partial charge in [-0.1, -0.05) is 28.1 Å². The van der Waals surface area contributed by atoms with Crippen molar-refractivity contribution in [2.75, 3.05) is 0 Å². The van der Waals surface area contributed by atoms with Crippen LogP contribution in [0.5, 0.6) is 0 Å². The van der Waals surface area contributed by atoms with Gasteiger partial charge in [-0.15, -0.1) is 41.1 Å². The van der Waals surface area contributed by atoms with Gasteiger partial charge in [0.25, 0.3) is 0 Å². The molecule has 1 aromatic heterocycles. The third kappa shape index (κ3) is 5.62. The maximum atomic E-state index is 2.22. The van der Waals surface area contributed by atoms with Gasteiger partial charge in [-0.2, -0.15) is 17.2 Å². The Hall–Kier alpha value is -0.816. The fourth-order valence-electron chi connectivity index (χ4n) is 2.29. The van der Waals surface area contributed by atoms with Crippen LogP contribution in [0.2, 0.25) is 0 Å². The number of aryl methyl sites for hydroxylation is 2. The van der Waals surface area contributed by atoms with Crippen LogP contribution in [0.15, 0.2) is 72.5 Å². The predicted molar refractivity (Wildman–Crippen MR) is 92.9 cm³/mol. The first-order valence-corrected chi connectivity index (χ1v) is 8.10. The molecule has 1 heterocycles. The van der Waals surface area contributed by atoms with Gasteiger partial charge in [0.15, 0.2) is 0 Å². The van der Waals surface area contributed by atoms with E-state index in [9.17, 15) is 0 Å². The van der Waals surface area contributed by atoms with E-state index in [0.29, 0.717) is 0 Å². The number of benzene rings is 1. The zero-order valence-electron chi connectivity index (χ0n) is 13.6. The molecule has 0 unspecified atom stereocenters. The third-order valence-electron chi connectivity index (χ3n) is 3.72. The van der Waals surface area contributed by atoms with Gasteiger partial charge in [0.05, 0.1) is 0 Å². The van der Waals surface area contributed by atoms with Gasteiger partial charge in [-0.05, 0) is 11.5 Å². The standard InChI is InChI=1S/C12H9NP.C7H9.2ClH.Ti/c1-2-4-11-8-12(7-10(11)3-1)13-5-6-14-9-13;1-6-4-3-5-7(6)2;;;/h1-9H;3-5H,1-2H3;2*1H;/q2*-1;;;+4/p-2. The van der Waals surface area contributed by atoms with E-state index in [0.717, 1.165) is 0 Å². The Kier molecular flexibility index (Phi) is 10.6. The van der Waals surface area contributed by atoms with Crippen LogP contribution in [0.4, 0.5) is 0 Å². The number of hydrogen-bond acceptors (Lipinski definition) is 0. The van der Waals surface area contributed by atoms with Gasteiger partial charge in [0.1, 0.15) is 0 Å². The molecule has 0 bridgehead atoms. The van der Waals surface area contributed by atoms with E-state index >= 15 is 0 Å². The molecular formula is C19H18Cl2NPTi. The fourth-order valence-corrected chi connectivity index (χ4v) is 2.95. The van der Waals surface area contributed by atoms with Gasteiger partial charge >= 0.3 is 21.7 Å². The van der Waals surface area contributed by atoms with E-state index in [2.05, 4.69) is 90.9 Å². The van der Waals surface area contributed by atoms with Crippen molar-refractivity contribution < 1.29 is 46.5 Å². The molecule has 0 aliphatic rings. The maximum absolute atomic E-state index is 2.22. The number of fused-ring (bicyclic) bond motifs is 1. The van der Waals surface area contributed by atoms with Gasteiger partial charge in [0.2, 0.25) is 0 Å². The van der Waals surface area contributed by atoms with Crippen LogP contribution >= 0.6 is 8.19 Å². The van der Waals surface area contributed by atoms with Crippen LogP contribution in [0.25, 0.3) is 16.5 Å². The minimum Gasteiger partial charge on any atom is -1.00 e. The van der Waals surface area contributed by atoms with Crippen LogP contribution in [0.3, 0.4) is 0 Å². The molecular weight excluding hydrogens is 392 g/mol. The van der Waals surface area contributed by atoms with E-state index in [1.165, 1.54) is 35.8 Å². The summed E-state index contributed by atoms with van der Waals surface area (Å²) in [7, 11) is 1.26. The Labute approximate surface area is 172 Å². The first kappa shape index (κ1) is 23.2. The summed E-state index contributed by atoms with van der Waals surface area (Å²) in [5, 5.41) is 2.63. The molecule has 0 aliphatic carbocycles. The molecule has 0 radical (unpaired) electrons. The molecule has 0 aliphatic heterocycles. The first-order valence-electron chi connectivity index (χ1n) is 7.07. The van der Waals surface area contributed by atoms with Crippen molar-refractivity contribution in [3.05, 3.63) is 83.6 Å². The summed E-state index contributed by atoms with van der Waals surface area (Å²) in [6, 6.07) is 19.2. The molecule has 24 heavy (non-hydrogen) atoms. The molecule has 0 saturated heterocycles. The SMILES string of the molecule is Cc1ccc[c-]1C.[Cl-].[Cl-].[Ti+4].c1ccc2[cH-]c(-n3ccpc3)cc2c1. The monoisotopic (exact) mass is 409 g/mol. The number of rotatable bonds is 1. The van der Waals surface area contributed by atoms with Crippen LogP contribution < -0.4 is 24.8 Å². The van der Waals surface area contributed by atoms with Crippen LogP contribution in [-0.4, -0.2) is 4.57 Å². The second-order valence-corrected chi connectivity index (χ2v) is 6.03. The Morgan fingerprint density at radius 2 is 1.83 bits per heavy atom. The van der Waals surface area contributed by atoms with E-state index in [-0.39, 0.29) is 46.5 Å². The van der Waals surface area contributed by atoms with Gasteiger partial charge in [0, 0.05) is 12.1 Å². The maximum Gasteiger partial charge on any atom is 4.00 e. The number of nitrogens with zero attached hydrogens (tertiary/aromatic N) is 1. The van der Waals surface area contributed by atoms with Crippen LogP contribution in [0.1, 0.15) is 11.1 Å². The molecule has 0 amide bonds. The van der Waals surface area contributed by atoms with E-state index < -0.39 is 0 Å². The molecule has 0 spiro atoms. The van der Waals surface area contributed by atoms with Gasteiger partial charge < -0.3 is 29.4 Å². The molecule has 1 nitrogen and oxygen atoms in total. The predicted octanol–water partition coefficient (Wildman–Crippen LogP) is -0.0427. The van der Waals surface area contributed by atoms with Crippen molar-refractivity contribution in [3.8, 4) is 5.69 Å². The summed E-state index contributed by atoms with van der Waals surface area (Å²) in [5.74, 6) is 4.30. The minimum absolute atomic E-state index is 0. The van der Waals surface area contributed by atoms with Crippen molar-refractivity contribution in [1.29, 1.82) is 0 Å². The van der Waals surface area contributed by atoms with Crippen molar-refractivity contribution >= 4 is 19.0 Å². The van der Waals surface area contributed by atoms with Crippen molar-refractivity contribution in [1.82, 2.24) is 4.57 Å². The smallest absolute Gasteiger partial charge is 1.00 e. The number of hydrogen-bond donors (Lipinski definition) is 0. The average Bonchev–Trinajstić information content (AvgIpc) is 3.21. The van der Waals surface area contributed by atoms with Gasteiger partial charge in [-0.3, -0.25) is 0 Å². The molecule has 122 valence electrons.